The van der Waals surface area contributed by atoms with Crippen LogP contribution < -0.4 is 10.6 Å². The van der Waals surface area contributed by atoms with Crippen LogP contribution in [0.3, 0.4) is 0 Å². The highest BCUT2D eigenvalue weighted by Gasteiger charge is 2.12. The Balaban J connectivity index is 2.22. The second-order valence-electron chi connectivity index (χ2n) is 6.06. The zero-order chi connectivity index (χ0) is 15.5. The normalized spacial score (nSPS) is 11.3. The Hall–Kier alpha value is -2.17. The summed E-state index contributed by atoms with van der Waals surface area (Å²) < 4.78 is 26.9. The number of nitrogens with zero attached hydrogens (tertiary/aromatic N) is 1. The van der Waals surface area contributed by atoms with Crippen LogP contribution in [0.2, 0.25) is 0 Å². The van der Waals surface area contributed by atoms with Crippen molar-refractivity contribution in [3.05, 3.63) is 48.2 Å². The first kappa shape index (κ1) is 15.2. The minimum Gasteiger partial charge on any atom is -0.382 e. The van der Waals surface area contributed by atoms with Crippen LogP contribution in [0.4, 0.5) is 26.0 Å². The summed E-state index contributed by atoms with van der Waals surface area (Å²) in [6.07, 6.45) is 1.60. The molecule has 1 heterocycles. The molecule has 1 aromatic carbocycles. The maximum atomic E-state index is 13.7. The number of halogens is 2. The van der Waals surface area contributed by atoms with Gasteiger partial charge in [-0.25, -0.2) is 13.8 Å². The third kappa shape index (κ3) is 4.41. The van der Waals surface area contributed by atoms with Crippen LogP contribution in [0.1, 0.15) is 20.8 Å². The molecule has 2 N–H and O–H groups in total. The molecule has 0 aliphatic carbocycles. The molecule has 0 bridgehead atoms. The number of anilines is 3. The zero-order valence-corrected chi connectivity index (χ0v) is 12.4. The smallest absolute Gasteiger partial charge is 0.153 e. The fraction of sp³-hybridized carbons (Fsp3) is 0.312. The first-order valence-electron chi connectivity index (χ1n) is 6.76. The van der Waals surface area contributed by atoms with Crippen molar-refractivity contribution in [2.75, 3.05) is 17.2 Å². The van der Waals surface area contributed by atoms with Crippen molar-refractivity contribution in [3.8, 4) is 0 Å². The average molecular weight is 291 g/mol. The van der Waals surface area contributed by atoms with Crippen LogP contribution in [-0.4, -0.2) is 11.5 Å². The van der Waals surface area contributed by atoms with Gasteiger partial charge in [-0.1, -0.05) is 20.8 Å². The molecular formula is C16H19F2N3. The third-order valence-corrected chi connectivity index (χ3v) is 2.80. The van der Waals surface area contributed by atoms with Crippen molar-refractivity contribution >= 4 is 17.2 Å². The maximum absolute atomic E-state index is 13.7. The summed E-state index contributed by atoms with van der Waals surface area (Å²) in [5, 5.41) is 6.10. The van der Waals surface area contributed by atoms with Crippen molar-refractivity contribution in [2.45, 2.75) is 20.8 Å². The highest BCUT2D eigenvalue weighted by Crippen LogP contribution is 2.26. The molecule has 2 aromatic rings. The molecule has 5 heteroatoms. The van der Waals surface area contributed by atoms with E-state index in [2.05, 4.69) is 36.4 Å². The van der Waals surface area contributed by atoms with E-state index in [1.807, 2.05) is 6.07 Å². The minimum absolute atomic E-state index is 0.0625. The molecule has 0 aliphatic heterocycles. The molecular weight excluding hydrogens is 272 g/mol. The number of pyridine rings is 1. The summed E-state index contributed by atoms with van der Waals surface area (Å²) in [6, 6.07) is 6.91. The van der Waals surface area contributed by atoms with Crippen LogP contribution in [0.15, 0.2) is 36.5 Å². The lowest BCUT2D eigenvalue weighted by molar-refractivity contribution is 0.443. The van der Waals surface area contributed by atoms with Crippen LogP contribution in [0, 0.1) is 17.0 Å². The maximum Gasteiger partial charge on any atom is 0.153 e. The molecule has 0 atom stereocenters. The number of benzene rings is 1. The lowest BCUT2D eigenvalue weighted by Gasteiger charge is -2.21. The summed E-state index contributed by atoms with van der Waals surface area (Å²) in [5.74, 6) is -0.561. The Kier molecular flexibility index (Phi) is 4.40. The van der Waals surface area contributed by atoms with Gasteiger partial charge in [0, 0.05) is 18.8 Å². The van der Waals surface area contributed by atoms with E-state index in [9.17, 15) is 8.78 Å². The van der Waals surface area contributed by atoms with E-state index in [1.165, 1.54) is 0 Å². The van der Waals surface area contributed by atoms with Crippen molar-refractivity contribution in [1.29, 1.82) is 0 Å². The molecule has 1 aromatic heterocycles. The van der Waals surface area contributed by atoms with Crippen LogP contribution in [0.25, 0.3) is 0 Å². The summed E-state index contributed by atoms with van der Waals surface area (Å²) in [5.41, 5.74) is 0.903. The van der Waals surface area contributed by atoms with Gasteiger partial charge in [-0.3, -0.25) is 0 Å². The lowest BCUT2D eigenvalue weighted by atomic mass is 9.97. The largest absolute Gasteiger partial charge is 0.382 e. The van der Waals surface area contributed by atoms with E-state index in [0.29, 0.717) is 5.82 Å². The topological polar surface area (TPSA) is 37.0 Å². The molecule has 0 saturated carbocycles. The molecule has 0 amide bonds. The van der Waals surface area contributed by atoms with Crippen LogP contribution in [-0.2, 0) is 0 Å². The van der Waals surface area contributed by atoms with Gasteiger partial charge in [-0.2, -0.15) is 0 Å². The van der Waals surface area contributed by atoms with E-state index in [4.69, 9.17) is 0 Å². The first-order valence-corrected chi connectivity index (χ1v) is 6.76. The van der Waals surface area contributed by atoms with Gasteiger partial charge in [-0.15, -0.1) is 0 Å². The van der Waals surface area contributed by atoms with E-state index >= 15 is 0 Å². The number of rotatable bonds is 4. The molecule has 0 unspecified atom stereocenters. The Morgan fingerprint density at radius 1 is 1.10 bits per heavy atom. The quantitative estimate of drug-likeness (QED) is 0.867. The number of aromatic nitrogens is 1. The van der Waals surface area contributed by atoms with Gasteiger partial charge in [0.1, 0.15) is 11.6 Å². The number of nitrogens with one attached hydrogen (secondary N) is 2. The van der Waals surface area contributed by atoms with E-state index in [0.717, 1.165) is 30.4 Å². The lowest BCUT2D eigenvalue weighted by Crippen LogP contribution is -2.19. The third-order valence-electron chi connectivity index (χ3n) is 2.80. The Bertz CT molecular complexity index is 621. The monoisotopic (exact) mass is 291 g/mol. The Morgan fingerprint density at radius 3 is 2.57 bits per heavy atom. The highest BCUT2D eigenvalue weighted by molar-refractivity contribution is 5.70. The van der Waals surface area contributed by atoms with E-state index < -0.39 is 11.6 Å². The molecule has 3 nitrogen and oxygen atoms in total. The van der Waals surface area contributed by atoms with Gasteiger partial charge in [0.05, 0.1) is 11.4 Å². The Labute approximate surface area is 123 Å². The molecule has 0 spiro atoms. The molecule has 2 rings (SSSR count). The molecule has 112 valence electrons. The predicted molar refractivity (Wildman–Crippen MR) is 81.8 cm³/mol. The minimum atomic E-state index is -0.524. The number of hydrogen-bond donors (Lipinski definition) is 2. The summed E-state index contributed by atoms with van der Waals surface area (Å²) in [4.78, 5) is 4.18. The van der Waals surface area contributed by atoms with Crippen molar-refractivity contribution < 1.29 is 8.78 Å². The summed E-state index contributed by atoms with van der Waals surface area (Å²) in [6.45, 7) is 7.06. The van der Waals surface area contributed by atoms with Crippen molar-refractivity contribution in [1.82, 2.24) is 4.98 Å². The molecule has 0 radical (unpaired) electrons. The second-order valence-corrected chi connectivity index (χ2v) is 6.06. The summed E-state index contributed by atoms with van der Waals surface area (Å²) >= 11 is 0. The van der Waals surface area contributed by atoms with Gasteiger partial charge < -0.3 is 10.6 Å². The van der Waals surface area contributed by atoms with Crippen LogP contribution >= 0.6 is 0 Å². The number of hydrogen-bond acceptors (Lipinski definition) is 3. The fourth-order valence-corrected chi connectivity index (χ4v) is 1.73. The van der Waals surface area contributed by atoms with Crippen molar-refractivity contribution in [2.24, 2.45) is 5.41 Å². The first-order chi connectivity index (χ1) is 9.85. The second kappa shape index (κ2) is 6.08. The molecule has 0 fully saturated rings. The van der Waals surface area contributed by atoms with E-state index in [1.54, 1.807) is 12.3 Å². The Morgan fingerprint density at radius 2 is 1.86 bits per heavy atom. The van der Waals surface area contributed by atoms with Crippen molar-refractivity contribution in [3.63, 3.8) is 0 Å². The van der Waals surface area contributed by atoms with Gasteiger partial charge >= 0.3 is 0 Å². The van der Waals surface area contributed by atoms with Crippen LogP contribution in [0.5, 0.6) is 0 Å². The standard InChI is InChI=1S/C16H19F2N3/c1-16(2,3)10-20-13-5-4-8-19-15(13)21-14-9-11(17)6-7-12(14)18/h4-9,20H,10H2,1-3H3,(H,19,21). The van der Waals surface area contributed by atoms with Gasteiger partial charge in [0.2, 0.25) is 0 Å². The molecule has 0 saturated heterocycles. The highest BCUT2D eigenvalue weighted by atomic mass is 19.1. The fourth-order valence-electron chi connectivity index (χ4n) is 1.73. The van der Waals surface area contributed by atoms with Gasteiger partial charge in [0.25, 0.3) is 0 Å². The SMILES string of the molecule is CC(C)(C)CNc1cccnc1Nc1cc(F)ccc1F. The van der Waals surface area contributed by atoms with Gasteiger partial charge in [0.15, 0.2) is 5.82 Å². The van der Waals surface area contributed by atoms with Gasteiger partial charge in [-0.05, 0) is 29.7 Å². The predicted octanol–water partition coefficient (Wildman–Crippen LogP) is 4.56. The average Bonchev–Trinajstić information content (AvgIpc) is 2.41. The zero-order valence-electron chi connectivity index (χ0n) is 12.4. The van der Waals surface area contributed by atoms with E-state index in [-0.39, 0.29) is 11.1 Å². The molecule has 0 aliphatic rings. The molecule has 21 heavy (non-hydrogen) atoms. The summed E-state index contributed by atoms with van der Waals surface area (Å²) in [7, 11) is 0.